The topological polar surface area (TPSA) is 85.1 Å². The predicted molar refractivity (Wildman–Crippen MR) is 104 cm³/mol. The molecule has 0 saturated heterocycles. The third-order valence-corrected chi connectivity index (χ3v) is 6.90. The molecule has 5 nitrogen and oxygen atoms in total. The molecule has 2 aromatic rings. The van der Waals surface area contributed by atoms with Crippen LogP contribution in [0.2, 0.25) is 0 Å². The molecule has 3 N–H and O–H groups in total. The quantitative estimate of drug-likeness (QED) is 0.817. The fourth-order valence-electron chi connectivity index (χ4n) is 3.81. The smallest absolute Gasteiger partial charge is 0.241 e. The molecule has 0 aliphatic heterocycles. The number of aromatic nitrogens is 1. The van der Waals surface area contributed by atoms with E-state index >= 15 is 0 Å². The van der Waals surface area contributed by atoms with Gasteiger partial charge in [-0.25, -0.2) is 17.5 Å². The number of halogens is 1. The summed E-state index contributed by atoms with van der Waals surface area (Å²) in [6, 6.07) is 3.42. The monoisotopic (exact) mass is 391 g/mol. The fourth-order valence-corrected chi connectivity index (χ4v) is 5.24. The average molecular weight is 392 g/mol. The molecule has 27 heavy (non-hydrogen) atoms. The van der Waals surface area contributed by atoms with Gasteiger partial charge in [-0.2, -0.15) is 0 Å². The summed E-state index contributed by atoms with van der Waals surface area (Å²) in [7, 11) is -3.87. The molecule has 0 spiro atoms. The first-order valence-electron chi connectivity index (χ1n) is 9.55. The first-order valence-corrected chi connectivity index (χ1v) is 11.0. The van der Waals surface area contributed by atoms with Crippen molar-refractivity contribution in [2.75, 3.05) is 6.54 Å². The van der Waals surface area contributed by atoms with Gasteiger partial charge < -0.3 is 5.73 Å². The molecular formula is C20H26FN3O2S. The van der Waals surface area contributed by atoms with Crippen LogP contribution in [-0.4, -0.2) is 25.6 Å². The predicted octanol–water partition coefficient (Wildman–Crippen LogP) is 3.47. The highest BCUT2D eigenvalue weighted by Gasteiger charge is 2.30. The molecule has 2 aliphatic carbocycles. The van der Waals surface area contributed by atoms with Crippen LogP contribution in [0, 0.1) is 0 Å². The molecule has 1 atom stereocenters. The summed E-state index contributed by atoms with van der Waals surface area (Å²) in [4.78, 5) is 4.78. The van der Waals surface area contributed by atoms with Crippen molar-refractivity contribution in [3.63, 3.8) is 0 Å². The molecule has 146 valence electrons. The summed E-state index contributed by atoms with van der Waals surface area (Å²) in [6.45, 7) is 2.43. The number of hydrogen-bond acceptors (Lipinski definition) is 4. The molecule has 0 bridgehead atoms. The average Bonchev–Trinajstić information content (AvgIpc) is 3.44. The summed E-state index contributed by atoms with van der Waals surface area (Å²) in [5.41, 5.74) is 7.56. The standard InChI is InChI=1S/C20H26FN3O2S/c1-20(2,21)11-24-27(25,26)19-9-14-13(4-3-5-17(14)22)16-10-23-18(8-15(16)19)12-6-7-12/h8-10,12,17,24H,3-7,11,22H2,1-2H3. The Labute approximate surface area is 159 Å². The van der Waals surface area contributed by atoms with Gasteiger partial charge in [0.25, 0.3) is 0 Å². The van der Waals surface area contributed by atoms with Crippen molar-refractivity contribution in [1.82, 2.24) is 9.71 Å². The summed E-state index contributed by atoms with van der Waals surface area (Å²) < 4.78 is 42.4. The highest BCUT2D eigenvalue weighted by Crippen LogP contribution is 2.42. The van der Waals surface area contributed by atoms with Crippen molar-refractivity contribution in [3.8, 4) is 0 Å². The molecule has 1 unspecified atom stereocenters. The van der Waals surface area contributed by atoms with Crippen molar-refractivity contribution < 1.29 is 12.8 Å². The molecule has 1 heterocycles. The third-order valence-electron chi connectivity index (χ3n) is 5.46. The first kappa shape index (κ1) is 18.8. The summed E-state index contributed by atoms with van der Waals surface area (Å²) in [6.07, 6.45) is 6.66. The number of pyridine rings is 1. The molecule has 0 amide bonds. The molecule has 1 fully saturated rings. The van der Waals surface area contributed by atoms with Crippen LogP contribution in [-0.2, 0) is 16.4 Å². The summed E-state index contributed by atoms with van der Waals surface area (Å²) in [5.74, 6) is 0.418. The Morgan fingerprint density at radius 2 is 2.00 bits per heavy atom. The second-order valence-corrected chi connectivity index (χ2v) is 10.1. The van der Waals surface area contributed by atoms with Crippen LogP contribution in [0.3, 0.4) is 0 Å². The molecule has 1 saturated carbocycles. The van der Waals surface area contributed by atoms with Crippen molar-refractivity contribution in [2.24, 2.45) is 5.73 Å². The van der Waals surface area contributed by atoms with E-state index in [1.807, 2.05) is 6.07 Å². The molecule has 1 aromatic carbocycles. The van der Waals surface area contributed by atoms with Gasteiger partial charge in [0.2, 0.25) is 10.0 Å². The Hall–Kier alpha value is -1.57. The second kappa shape index (κ2) is 6.50. The van der Waals surface area contributed by atoms with Gasteiger partial charge >= 0.3 is 0 Å². The van der Waals surface area contributed by atoms with Gasteiger partial charge in [0.15, 0.2) is 0 Å². The minimum Gasteiger partial charge on any atom is -0.324 e. The zero-order valence-electron chi connectivity index (χ0n) is 15.8. The zero-order valence-corrected chi connectivity index (χ0v) is 16.6. The SMILES string of the molecule is CC(C)(F)CNS(=O)(=O)c1cc2c(c3cnc(C4CC4)cc13)CCCC2N. The lowest BCUT2D eigenvalue weighted by molar-refractivity contribution is 0.221. The minimum atomic E-state index is -3.87. The lowest BCUT2D eigenvalue weighted by Crippen LogP contribution is -2.35. The van der Waals surface area contributed by atoms with Crippen LogP contribution in [0.1, 0.15) is 68.3 Å². The van der Waals surface area contributed by atoms with Gasteiger partial charge in [0.1, 0.15) is 5.67 Å². The van der Waals surface area contributed by atoms with Gasteiger partial charge in [-0.1, -0.05) is 0 Å². The number of sulfonamides is 1. The van der Waals surface area contributed by atoms with E-state index in [9.17, 15) is 12.8 Å². The number of benzene rings is 1. The molecule has 2 aliphatic rings. The van der Waals surface area contributed by atoms with Crippen molar-refractivity contribution in [1.29, 1.82) is 0 Å². The van der Waals surface area contributed by atoms with E-state index in [0.29, 0.717) is 11.3 Å². The van der Waals surface area contributed by atoms with Gasteiger partial charge in [-0.3, -0.25) is 4.98 Å². The van der Waals surface area contributed by atoms with E-state index in [2.05, 4.69) is 9.71 Å². The minimum absolute atomic E-state index is 0.183. The molecular weight excluding hydrogens is 365 g/mol. The van der Waals surface area contributed by atoms with E-state index in [0.717, 1.165) is 54.3 Å². The van der Waals surface area contributed by atoms with E-state index in [1.54, 1.807) is 12.3 Å². The number of rotatable bonds is 5. The Bertz CT molecular complexity index is 994. The number of nitrogens with two attached hydrogens (primary N) is 1. The number of alkyl halides is 1. The second-order valence-electron chi connectivity index (χ2n) is 8.41. The number of aryl methyl sites for hydroxylation is 1. The Morgan fingerprint density at radius 3 is 2.67 bits per heavy atom. The Balaban J connectivity index is 1.90. The van der Waals surface area contributed by atoms with E-state index in [-0.39, 0.29) is 17.5 Å². The maximum atomic E-state index is 13.9. The lowest BCUT2D eigenvalue weighted by atomic mass is 9.85. The van der Waals surface area contributed by atoms with Crippen LogP contribution in [0.15, 0.2) is 23.2 Å². The molecule has 1 aromatic heterocycles. The summed E-state index contributed by atoms with van der Waals surface area (Å²) >= 11 is 0. The van der Waals surface area contributed by atoms with Crippen molar-refractivity contribution in [2.45, 2.75) is 68.5 Å². The highest BCUT2D eigenvalue weighted by molar-refractivity contribution is 7.89. The Morgan fingerprint density at radius 1 is 1.26 bits per heavy atom. The van der Waals surface area contributed by atoms with Gasteiger partial charge in [-0.15, -0.1) is 0 Å². The lowest BCUT2D eigenvalue weighted by Gasteiger charge is -2.25. The molecule has 4 rings (SSSR count). The highest BCUT2D eigenvalue weighted by atomic mass is 32.2. The largest absolute Gasteiger partial charge is 0.324 e. The van der Waals surface area contributed by atoms with E-state index < -0.39 is 15.7 Å². The number of nitrogens with zero attached hydrogens (tertiary/aromatic N) is 1. The maximum absolute atomic E-state index is 13.9. The first-order chi connectivity index (χ1) is 12.7. The van der Waals surface area contributed by atoms with Crippen LogP contribution < -0.4 is 10.5 Å². The molecule has 0 radical (unpaired) electrons. The van der Waals surface area contributed by atoms with Crippen LogP contribution in [0.5, 0.6) is 0 Å². The number of nitrogens with one attached hydrogen (secondary N) is 1. The number of hydrogen-bond donors (Lipinski definition) is 2. The third kappa shape index (κ3) is 3.73. The van der Waals surface area contributed by atoms with E-state index in [1.165, 1.54) is 13.8 Å². The fraction of sp³-hybridized carbons (Fsp3) is 0.550. The van der Waals surface area contributed by atoms with Crippen LogP contribution in [0.4, 0.5) is 4.39 Å². The van der Waals surface area contributed by atoms with E-state index in [4.69, 9.17) is 5.73 Å². The van der Waals surface area contributed by atoms with Crippen LogP contribution >= 0.6 is 0 Å². The Kier molecular flexibility index (Phi) is 4.52. The van der Waals surface area contributed by atoms with Crippen molar-refractivity contribution >= 4 is 20.8 Å². The van der Waals surface area contributed by atoms with Crippen LogP contribution in [0.25, 0.3) is 10.8 Å². The normalized spacial score (nSPS) is 20.7. The number of fused-ring (bicyclic) bond motifs is 3. The molecule has 7 heteroatoms. The maximum Gasteiger partial charge on any atom is 0.241 e. The van der Waals surface area contributed by atoms with Gasteiger partial charge in [0, 0.05) is 41.2 Å². The zero-order chi connectivity index (χ0) is 19.4. The van der Waals surface area contributed by atoms with Gasteiger partial charge in [-0.05, 0) is 69.2 Å². The van der Waals surface area contributed by atoms with Crippen molar-refractivity contribution in [3.05, 3.63) is 35.2 Å². The van der Waals surface area contributed by atoms with Gasteiger partial charge in [0.05, 0.1) is 4.90 Å². The summed E-state index contributed by atoms with van der Waals surface area (Å²) in [5, 5.41) is 1.52.